The van der Waals surface area contributed by atoms with E-state index < -0.39 is 0 Å². The fourth-order valence-corrected chi connectivity index (χ4v) is 3.44. The van der Waals surface area contributed by atoms with Crippen molar-refractivity contribution >= 4 is 29.6 Å². The molecule has 1 aromatic heterocycles. The molecule has 3 aromatic rings. The number of halogens is 1. The predicted molar refractivity (Wildman–Crippen MR) is 111 cm³/mol. The second-order valence-corrected chi connectivity index (χ2v) is 7.28. The van der Waals surface area contributed by atoms with Gasteiger partial charge in [-0.15, -0.1) is 10.2 Å². The summed E-state index contributed by atoms with van der Waals surface area (Å²) >= 11 is 7.56. The van der Waals surface area contributed by atoms with Crippen LogP contribution in [0.3, 0.4) is 0 Å². The van der Waals surface area contributed by atoms with Gasteiger partial charge in [-0.2, -0.15) is 9.78 Å². The van der Waals surface area contributed by atoms with E-state index in [1.807, 2.05) is 53.2 Å². The smallest absolute Gasteiger partial charge is 0.212 e. The van der Waals surface area contributed by atoms with E-state index in [2.05, 4.69) is 22.2 Å². The Hall–Kier alpha value is -2.31. The number of rotatable bonds is 8. The molecule has 0 spiro atoms. The summed E-state index contributed by atoms with van der Waals surface area (Å²) in [5.41, 5.74) is 2.13. The molecule has 0 saturated carbocycles. The number of benzene rings is 2. The van der Waals surface area contributed by atoms with Crippen molar-refractivity contribution in [2.45, 2.75) is 30.7 Å². The van der Waals surface area contributed by atoms with Gasteiger partial charge in [0.25, 0.3) is 0 Å². The molecular weight excluding hydrogens is 380 g/mol. The highest BCUT2D eigenvalue weighted by atomic mass is 35.5. The van der Waals surface area contributed by atoms with Crippen molar-refractivity contribution in [1.82, 2.24) is 14.9 Å². The topological polar surface area (TPSA) is 52.3 Å². The lowest BCUT2D eigenvalue weighted by atomic mass is 10.2. The fourth-order valence-electron chi connectivity index (χ4n) is 2.46. The van der Waals surface area contributed by atoms with Crippen molar-refractivity contribution in [1.29, 1.82) is 0 Å². The molecule has 0 aliphatic carbocycles. The normalized spacial score (nSPS) is 11.2. The van der Waals surface area contributed by atoms with E-state index >= 15 is 0 Å². The Morgan fingerprint density at radius 2 is 2.00 bits per heavy atom. The van der Waals surface area contributed by atoms with Gasteiger partial charge in [0, 0.05) is 17.2 Å². The highest BCUT2D eigenvalue weighted by Gasteiger charge is 2.11. The molecule has 2 aromatic carbocycles. The van der Waals surface area contributed by atoms with Crippen LogP contribution < -0.4 is 4.74 Å². The van der Waals surface area contributed by atoms with Gasteiger partial charge in [0.05, 0.1) is 13.3 Å². The van der Waals surface area contributed by atoms with Gasteiger partial charge in [0.1, 0.15) is 5.75 Å². The van der Waals surface area contributed by atoms with Gasteiger partial charge in [0.2, 0.25) is 5.16 Å². The zero-order chi connectivity index (χ0) is 19.1. The third-order valence-corrected chi connectivity index (χ3v) is 5.09. The van der Waals surface area contributed by atoms with Crippen LogP contribution in [0.15, 0.2) is 58.8 Å². The van der Waals surface area contributed by atoms with Gasteiger partial charge >= 0.3 is 0 Å². The molecular formula is C20H21ClN4OS. The molecule has 140 valence electrons. The number of methoxy groups -OCH3 is 1. The first kappa shape index (κ1) is 19.5. The maximum absolute atomic E-state index is 5.95. The summed E-state index contributed by atoms with van der Waals surface area (Å²) in [6, 6.07) is 15.6. The second-order valence-electron chi connectivity index (χ2n) is 5.90. The Kier molecular flexibility index (Phi) is 6.90. The van der Waals surface area contributed by atoms with Crippen LogP contribution in [0.5, 0.6) is 5.75 Å². The third kappa shape index (κ3) is 5.34. The van der Waals surface area contributed by atoms with Crippen LogP contribution in [0.25, 0.3) is 0 Å². The maximum Gasteiger partial charge on any atom is 0.212 e. The SMILES string of the molecule is CCCc1nnc(SCc2ccc(Cl)cc2)n1/N=C/c1cccc(OC)c1. The molecule has 0 aliphatic rings. The Bertz CT molecular complexity index is 909. The Morgan fingerprint density at radius 3 is 2.74 bits per heavy atom. The second kappa shape index (κ2) is 9.58. The first-order chi connectivity index (χ1) is 13.2. The molecule has 7 heteroatoms. The van der Waals surface area contributed by atoms with E-state index in [0.717, 1.165) is 45.9 Å². The average molecular weight is 401 g/mol. The van der Waals surface area contributed by atoms with E-state index in [-0.39, 0.29) is 0 Å². The Morgan fingerprint density at radius 1 is 1.19 bits per heavy atom. The molecule has 0 aliphatic heterocycles. The van der Waals surface area contributed by atoms with Gasteiger partial charge < -0.3 is 4.74 Å². The van der Waals surface area contributed by atoms with E-state index in [1.54, 1.807) is 25.1 Å². The molecule has 0 bridgehead atoms. The van der Waals surface area contributed by atoms with Crippen molar-refractivity contribution in [3.8, 4) is 5.75 Å². The highest BCUT2D eigenvalue weighted by Crippen LogP contribution is 2.23. The van der Waals surface area contributed by atoms with E-state index in [4.69, 9.17) is 16.3 Å². The average Bonchev–Trinajstić information content (AvgIpc) is 3.08. The molecule has 0 atom stereocenters. The third-order valence-electron chi connectivity index (χ3n) is 3.85. The van der Waals surface area contributed by atoms with Crippen molar-refractivity contribution in [2.24, 2.45) is 5.10 Å². The van der Waals surface area contributed by atoms with Crippen molar-refractivity contribution in [3.63, 3.8) is 0 Å². The van der Waals surface area contributed by atoms with Gasteiger partial charge in [-0.1, -0.05) is 54.6 Å². The van der Waals surface area contributed by atoms with Crippen molar-refractivity contribution in [2.75, 3.05) is 7.11 Å². The maximum atomic E-state index is 5.95. The number of aryl methyl sites for hydroxylation is 1. The van der Waals surface area contributed by atoms with Crippen LogP contribution in [0.1, 0.15) is 30.3 Å². The molecule has 5 nitrogen and oxygen atoms in total. The summed E-state index contributed by atoms with van der Waals surface area (Å²) in [6.07, 6.45) is 3.61. The zero-order valence-corrected chi connectivity index (χ0v) is 16.9. The molecule has 0 radical (unpaired) electrons. The zero-order valence-electron chi connectivity index (χ0n) is 15.3. The number of hydrogen-bond acceptors (Lipinski definition) is 5. The molecule has 0 amide bonds. The van der Waals surface area contributed by atoms with Gasteiger partial charge in [-0.25, -0.2) is 0 Å². The quantitative estimate of drug-likeness (QED) is 0.391. The lowest BCUT2D eigenvalue weighted by molar-refractivity contribution is 0.414. The molecule has 0 unspecified atom stereocenters. The highest BCUT2D eigenvalue weighted by molar-refractivity contribution is 7.98. The summed E-state index contributed by atoms with van der Waals surface area (Å²) in [4.78, 5) is 0. The minimum absolute atomic E-state index is 0.736. The molecule has 1 heterocycles. The number of ether oxygens (including phenoxy) is 1. The van der Waals surface area contributed by atoms with Gasteiger partial charge in [0.15, 0.2) is 5.82 Å². The van der Waals surface area contributed by atoms with Gasteiger partial charge in [-0.3, -0.25) is 0 Å². The number of nitrogens with zero attached hydrogens (tertiary/aromatic N) is 4. The molecule has 0 N–H and O–H groups in total. The fraction of sp³-hybridized carbons (Fsp3) is 0.250. The molecule has 3 rings (SSSR count). The van der Waals surface area contributed by atoms with Crippen LogP contribution in [0.4, 0.5) is 0 Å². The summed E-state index contributed by atoms with van der Waals surface area (Å²) in [7, 11) is 1.65. The Balaban J connectivity index is 1.80. The number of hydrogen-bond donors (Lipinski definition) is 0. The predicted octanol–water partition coefficient (Wildman–Crippen LogP) is 5.07. The minimum atomic E-state index is 0.736. The van der Waals surface area contributed by atoms with Crippen LogP contribution in [0.2, 0.25) is 5.02 Å². The van der Waals surface area contributed by atoms with Crippen molar-refractivity contribution in [3.05, 3.63) is 70.5 Å². The van der Waals surface area contributed by atoms with Crippen LogP contribution in [-0.4, -0.2) is 28.2 Å². The first-order valence-corrected chi connectivity index (χ1v) is 10.1. The largest absolute Gasteiger partial charge is 0.497 e. The monoisotopic (exact) mass is 400 g/mol. The van der Waals surface area contributed by atoms with Crippen molar-refractivity contribution < 1.29 is 4.74 Å². The van der Waals surface area contributed by atoms with Gasteiger partial charge in [-0.05, 0) is 41.8 Å². The summed E-state index contributed by atoms with van der Waals surface area (Å²) in [5, 5.41) is 14.8. The minimum Gasteiger partial charge on any atom is -0.497 e. The van der Waals surface area contributed by atoms with E-state index in [9.17, 15) is 0 Å². The van der Waals surface area contributed by atoms with E-state index in [1.165, 1.54) is 5.56 Å². The van der Waals surface area contributed by atoms with Crippen LogP contribution >= 0.6 is 23.4 Å². The molecule has 0 fully saturated rings. The lowest BCUT2D eigenvalue weighted by Gasteiger charge is -2.05. The van der Waals surface area contributed by atoms with Crippen LogP contribution in [0, 0.1) is 0 Å². The number of aromatic nitrogens is 3. The summed E-state index contributed by atoms with van der Waals surface area (Å²) < 4.78 is 7.09. The standard InChI is InChI=1S/C20H21ClN4OS/c1-3-5-19-23-24-20(27-14-15-8-10-17(21)11-9-15)25(19)22-13-16-6-4-7-18(12-16)26-2/h4,6-13H,3,5,14H2,1-2H3/b22-13+. The summed E-state index contributed by atoms with van der Waals surface area (Å²) in [6.45, 7) is 2.12. The first-order valence-electron chi connectivity index (χ1n) is 8.69. The molecule has 0 saturated heterocycles. The molecule has 27 heavy (non-hydrogen) atoms. The van der Waals surface area contributed by atoms with Crippen LogP contribution in [-0.2, 0) is 12.2 Å². The lowest BCUT2D eigenvalue weighted by Crippen LogP contribution is -2.00. The Labute approximate surface area is 168 Å². The summed E-state index contributed by atoms with van der Waals surface area (Å²) in [5.74, 6) is 2.43. The number of thioether (sulfide) groups is 1. The van der Waals surface area contributed by atoms with E-state index in [0.29, 0.717) is 0 Å².